The van der Waals surface area contributed by atoms with Gasteiger partial charge in [0.2, 0.25) is 5.91 Å². The maximum absolute atomic E-state index is 12.7. The van der Waals surface area contributed by atoms with Crippen molar-refractivity contribution in [1.82, 2.24) is 19.3 Å². The number of amides is 1. The van der Waals surface area contributed by atoms with Crippen molar-refractivity contribution in [2.75, 3.05) is 11.4 Å². The number of hydrogen-bond donors (Lipinski definition) is 0. The Bertz CT molecular complexity index is 999. The third kappa shape index (κ3) is 3.26. The Morgan fingerprint density at radius 3 is 2.80 bits per heavy atom. The van der Waals surface area contributed by atoms with Crippen LogP contribution in [0, 0.1) is 11.3 Å². The van der Waals surface area contributed by atoms with Crippen molar-refractivity contribution < 1.29 is 4.79 Å². The summed E-state index contributed by atoms with van der Waals surface area (Å²) >= 11 is 0. The van der Waals surface area contributed by atoms with Crippen molar-refractivity contribution in [3.8, 4) is 6.07 Å². The van der Waals surface area contributed by atoms with E-state index in [4.69, 9.17) is 5.26 Å². The number of fused-ring (bicyclic) bond motifs is 1. The van der Waals surface area contributed by atoms with Crippen LogP contribution in [0.15, 0.2) is 47.7 Å². The standard InChI is InChI=1S/C17H16N6O2/c1-21-16-14(10-20-21)17(25)22(12-19-16)11-15(24)23(9-5-8-18)13-6-3-2-4-7-13/h2-4,6-7,10,12H,5,9,11H2,1H3. The zero-order valence-electron chi connectivity index (χ0n) is 13.7. The number of para-hydroxylation sites is 1. The molecular formula is C17H16N6O2. The van der Waals surface area contributed by atoms with Gasteiger partial charge in [0.1, 0.15) is 18.3 Å². The molecule has 0 spiro atoms. The Morgan fingerprint density at radius 1 is 1.32 bits per heavy atom. The fraction of sp³-hybridized carbons (Fsp3) is 0.235. The van der Waals surface area contributed by atoms with Gasteiger partial charge in [0, 0.05) is 19.3 Å². The summed E-state index contributed by atoms with van der Waals surface area (Å²) in [4.78, 5) is 30.9. The lowest BCUT2D eigenvalue weighted by Gasteiger charge is -2.22. The molecule has 25 heavy (non-hydrogen) atoms. The number of rotatable bonds is 5. The van der Waals surface area contributed by atoms with Crippen molar-refractivity contribution in [2.45, 2.75) is 13.0 Å². The number of carbonyl (C=O) groups is 1. The van der Waals surface area contributed by atoms with Gasteiger partial charge < -0.3 is 4.90 Å². The van der Waals surface area contributed by atoms with Gasteiger partial charge in [-0.25, -0.2) is 4.98 Å². The van der Waals surface area contributed by atoms with Gasteiger partial charge in [0.25, 0.3) is 5.56 Å². The average molecular weight is 336 g/mol. The second-order valence-electron chi connectivity index (χ2n) is 5.47. The number of nitriles is 1. The molecule has 3 aromatic rings. The van der Waals surface area contributed by atoms with Gasteiger partial charge in [-0.2, -0.15) is 10.4 Å². The van der Waals surface area contributed by atoms with Crippen LogP contribution < -0.4 is 10.5 Å². The first kappa shape index (κ1) is 16.4. The highest BCUT2D eigenvalue weighted by Gasteiger charge is 2.17. The second-order valence-corrected chi connectivity index (χ2v) is 5.47. The third-order valence-corrected chi connectivity index (χ3v) is 3.84. The van der Waals surface area contributed by atoms with E-state index < -0.39 is 0 Å². The molecule has 0 atom stereocenters. The highest BCUT2D eigenvalue weighted by molar-refractivity contribution is 5.93. The largest absolute Gasteiger partial charge is 0.310 e. The molecule has 1 amide bonds. The molecule has 0 saturated heterocycles. The first-order chi connectivity index (χ1) is 12.1. The van der Waals surface area contributed by atoms with Crippen LogP contribution in [0.2, 0.25) is 0 Å². The summed E-state index contributed by atoms with van der Waals surface area (Å²) in [5, 5.41) is 13.2. The van der Waals surface area contributed by atoms with Gasteiger partial charge in [-0.3, -0.25) is 18.8 Å². The van der Waals surface area contributed by atoms with Crippen LogP contribution in [-0.2, 0) is 18.4 Å². The van der Waals surface area contributed by atoms with Crippen LogP contribution in [0.3, 0.4) is 0 Å². The van der Waals surface area contributed by atoms with E-state index in [0.717, 1.165) is 0 Å². The minimum Gasteiger partial charge on any atom is -0.310 e. The highest BCUT2D eigenvalue weighted by Crippen LogP contribution is 2.14. The molecule has 1 aromatic carbocycles. The number of aryl methyl sites for hydroxylation is 1. The van der Waals surface area contributed by atoms with Gasteiger partial charge in [-0.1, -0.05) is 18.2 Å². The quantitative estimate of drug-likeness (QED) is 0.694. The molecule has 0 aliphatic carbocycles. The molecule has 0 aliphatic rings. The molecule has 8 heteroatoms. The summed E-state index contributed by atoms with van der Waals surface area (Å²) in [6, 6.07) is 11.1. The molecule has 0 unspecified atom stereocenters. The highest BCUT2D eigenvalue weighted by atomic mass is 16.2. The van der Waals surface area contributed by atoms with E-state index >= 15 is 0 Å². The van der Waals surface area contributed by atoms with Crippen molar-refractivity contribution >= 4 is 22.6 Å². The number of aromatic nitrogens is 4. The Balaban J connectivity index is 1.90. The molecule has 0 bridgehead atoms. The monoisotopic (exact) mass is 336 g/mol. The summed E-state index contributed by atoms with van der Waals surface area (Å²) in [6.45, 7) is 0.105. The van der Waals surface area contributed by atoms with E-state index in [1.165, 1.54) is 26.7 Å². The van der Waals surface area contributed by atoms with Gasteiger partial charge in [0.05, 0.1) is 18.7 Å². The minimum atomic E-state index is -0.320. The normalized spacial score (nSPS) is 10.6. The Morgan fingerprint density at radius 2 is 2.08 bits per heavy atom. The number of carbonyl (C=O) groups excluding carboxylic acids is 1. The summed E-state index contributed by atoms with van der Waals surface area (Å²) < 4.78 is 2.76. The molecule has 2 aromatic heterocycles. The molecule has 126 valence electrons. The molecule has 0 N–H and O–H groups in total. The van der Waals surface area contributed by atoms with E-state index in [1.807, 2.05) is 24.3 Å². The van der Waals surface area contributed by atoms with Gasteiger partial charge in [-0.05, 0) is 12.1 Å². The fourth-order valence-corrected chi connectivity index (χ4v) is 2.58. The zero-order valence-corrected chi connectivity index (χ0v) is 13.7. The average Bonchev–Trinajstić information content (AvgIpc) is 3.00. The second kappa shape index (κ2) is 6.97. The summed E-state index contributed by atoms with van der Waals surface area (Å²) in [7, 11) is 1.70. The van der Waals surface area contributed by atoms with Gasteiger partial charge in [0.15, 0.2) is 5.65 Å². The van der Waals surface area contributed by atoms with Crippen molar-refractivity contribution in [2.24, 2.45) is 7.05 Å². The van der Waals surface area contributed by atoms with E-state index in [1.54, 1.807) is 19.2 Å². The first-order valence-electron chi connectivity index (χ1n) is 7.71. The SMILES string of the molecule is Cn1ncc2c(=O)n(CC(=O)N(CCC#N)c3ccccc3)cnc21. The number of hydrogen-bond acceptors (Lipinski definition) is 5. The topological polar surface area (TPSA) is 96.8 Å². The van der Waals surface area contributed by atoms with Crippen molar-refractivity contribution in [3.05, 3.63) is 53.2 Å². The predicted molar refractivity (Wildman–Crippen MR) is 91.8 cm³/mol. The van der Waals surface area contributed by atoms with Gasteiger partial charge >= 0.3 is 0 Å². The Labute approximate surface area is 143 Å². The van der Waals surface area contributed by atoms with Crippen LogP contribution in [-0.4, -0.2) is 31.8 Å². The molecule has 3 rings (SSSR count). The zero-order chi connectivity index (χ0) is 17.8. The van der Waals surface area contributed by atoms with Crippen molar-refractivity contribution in [3.63, 3.8) is 0 Å². The lowest BCUT2D eigenvalue weighted by atomic mass is 10.2. The van der Waals surface area contributed by atoms with E-state index in [0.29, 0.717) is 16.7 Å². The number of anilines is 1. The third-order valence-electron chi connectivity index (χ3n) is 3.84. The molecule has 0 saturated carbocycles. The molecule has 0 radical (unpaired) electrons. The summed E-state index contributed by atoms with van der Waals surface area (Å²) in [5.41, 5.74) is 0.837. The fourth-order valence-electron chi connectivity index (χ4n) is 2.58. The lowest BCUT2D eigenvalue weighted by Crippen LogP contribution is -2.37. The lowest BCUT2D eigenvalue weighted by molar-refractivity contribution is -0.119. The van der Waals surface area contributed by atoms with E-state index in [9.17, 15) is 9.59 Å². The maximum Gasteiger partial charge on any atom is 0.264 e. The van der Waals surface area contributed by atoms with E-state index in [-0.39, 0.29) is 31.0 Å². The van der Waals surface area contributed by atoms with Crippen LogP contribution in [0.25, 0.3) is 11.0 Å². The van der Waals surface area contributed by atoms with Crippen LogP contribution >= 0.6 is 0 Å². The number of nitrogens with zero attached hydrogens (tertiary/aromatic N) is 6. The molecule has 0 fully saturated rings. The maximum atomic E-state index is 12.7. The minimum absolute atomic E-state index is 0.156. The first-order valence-corrected chi connectivity index (χ1v) is 7.71. The predicted octanol–water partition coefficient (Wildman–Crippen LogP) is 1.08. The smallest absolute Gasteiger partial charge is 0.264 e. The summed E-state index contributed by atoms with van der Waals surface area (Å²) in [6.07, 6.45) is 2.99. The van der Waals surface area contributed by atoms with Crippen LogP contribution in [0.1, 0.15) is 6.42 Å². The van der Waals surface area contributed by atoms with Crippen LogP contribution in [0.4, 0.5) is 5.69 Å². The van der Waals surface area contributed by atoms with Crippen molar-refractivity contribution in [1.29, 1.82) is 5.26 Å². The van der Waals surface area contributed by atoms with E-state index in [2.05, 4.69) is 10.1 Å². The summed E-state index contributed by atoms with van der Waals surface area (Å²) in [5.74, 6) is -0.284. The van der Waals surface area contributed by atoms with Crippen LogP contribution in [0.5, 0.6) is 0 Å². The molecule has 2 heterocycles. The van der Waals surface area contributed by atoms with Gasteiger partial charge in [-0.15, -0.1) is 0 Å². The molecular weight excluding hydrogens is 320 g/mol. The Kier molecular flexibility index (Phi) is 4.57. The number of benzene rings is 1. The molecule has 8 nitrogen and oxygen atoms in total. The Hall–Kier alpha value is -3.47. The molecule has 0 aliphatic heterocycles.